The lowest BCUT2D eigenvalue weighted by atomic mass is 9.88. The van der Waals surface area contributed by atoms with Crippen LogP contribution in [0.2, 0.25) is 0 Å². The van der Waals surface area contributed by atoms with Crippen LogP contribution in [0.25, 0.3) is 0 Å². The van der Waals surface area contributed by atoms with Gasteiger partial charge in [-0.15, -0.1) is 0 Å². The normalized spacial score (nSPS) is 17.2. The largest absolute Gasteiger partial charge is 0.269 e. The van der Waals surface area contributed by atoms with Gasteiger partial charge in [0.25, 0.3) is 0 Å². The summed E-state index contributed by atoms with van der Waals surface area (Å²) in [7, 11) is 0. The summed E-state index contributed by atoms with van der Waals surface area (Å²) in [5.41, 5.74) is 1.95. The molecule has 1 aliphatic rings. The summed E-state index contributed by atoms with van der Waals surface area (Å²) < 4.78 is 0. The highest BCUT2D eigenvalue weighted by atomic mass is 14.7. The molecule has 0 fully saturated rings. The fourth-order valence-electron chi connectivity index (χ4n) is 1.08. The van der Waals surface area contributed by atoms with Crippen molar-refractivity contribution >= 4 is 6.21 Å². The Hall–Kier alpha value is -0.590. The molecule has 0 spiro atoms. The SMILES string of the molecule is CC(C)(C)CCC1=CN=CC1. The Bertz CT molecular complexity index is 182. The first kappa shape index (κ1) is 8.51. The van der Waals surface area contributed by atoms with E-state index in [0.29, 0.717) is 5.41 Å². The van der Waals surface area contributed by atoms with Crippen molar-refractivity contribution in [2.45, 2.75) is 40.0 Å². The third-order valence-electron chi connectivity index (χ3n) is 1.91. The first-order chi connectivity index (χ1) is 5.08. The Balaban J connectivity index is 2.23. The van der Waals surface area contributed by atoms with Crippen LogP contribution in [0.1, 0.15) is 40.0 Å². The van der Waals surface area contributed by atoms with Crippen LogP contribution in [0.5, 0.6) is 0 Å². The van der Waals surface area contributed by atoms with Crippen LogP contribution in [0, 0.1) is 5.41 Å². The minimum atomic E-state index is 0.462. The van der Waals surface area contributed by atoms with E-state index in [0.717, 1.165) is 6.42 Å². The molecule has 1 aliphatic heterocycles. The van der Waals surface area contributed by atoms with E-state index in [4.69, 9.17) is 0 Å². The lowest BCUT2D eigenvalue weighted by Crippen LogP contribution is -2.04. The topological polar surface area (TPSA) is 12.4 Å². The van der Waals surface area contributed by atoms with Crippen molar-refractivity contribution in [1.29, 1.82) is 0 Å². The fraction of sp³-hybridized carbons (Fsp3) is 0.700. The summed E-state index contributed by atoms with van der Waals surface area (Å²) in [6.45, 7) is 6.84. The van der Waals surface area contributed by atoms with Gasteiger partial charge in [0.1, 0.15) is 0 Å². The lowest BCUT2D eigenvalue weighted by Gasteiger charge is -2.17. The average Bonchev–Trinajstić information content (AvgIpc) is 2.32. The van der Waals surface area contributed by atoms with E-state index >= 15 is 0 Å². The van der Waals surface area contributed by atoms with Crippen molar-refractivity contribution < 1.29 is 0 Å². The Morgan fingerprint density at radius 2 is 2.18 bits per heavy atom. The molecule has 0 atom stereocenters. The van der Waals surface area contributed by atoms with Crippen molar-refractivity contribution in [1.82, 2.24) is 0 Å². The predicted octanol–water partition coefficient (Wildman–Crippen LogP) is 3.17. The van der Waals surface area contributed by atoms with Crippen LogP contribution in [-0.2, 0) is 0 Å². The molecule has 1 heteroatoms. The minimum Gasteiger partial charge on any atom is -0.269 e. The van der Waals surface area contributed by atoms with Gasteiger partial charge < -0.3 is 0 Å². The molecule has 0 aromatic carbocycles. The molecule has 1 heterocycles. The fourth-order valence-corrected chi connectivity index (χ4v) is 1.08. The number of hydrogen-bond donors (Lipinski definition) is 0. The first-order valence-corrected chi connectivity index (χ1v) is 4.27. The Labute approximate surface area is 69.2 Å². The average molecular weight is 151 g/mol. The van der Waals surface area contributed by atoms with Crippen molar-refractivity contribution in [2.75, 3.05) is 0 Å². The molecular formula is C10H17N. The molecule has 0 amide bonds. The molecule has 0 N–H and O–H groups in total. The molecule has 11 heavy (non-hydrogen) atoms. The molecule has 1 nitrogen and oxygen atoms in total. The van der Waals surface area contributed by atoms with Gasteiger partial charge in [0, 0.05) is 18.8 Å². The first-order valence-electron chi connectivity index (χ1n) is 4.27. The zero-order valence-electron chi connectivity index (χ0n) is 7.72. The third kappa shape index (κ3) is 3.35. The van der Waals surface area contributed by atoms with Gasteiger partial charge in [0.15, 0.2) is 0 Å². The second-order valence-corrected chi connectivity index (χ2v) is 4.38. The zero-order valence-corrected chi connectivity index (χ0v) is 7.72. The Morgan fingerprint density at radius 3 is 2.64 bits per heavy atom. The maximum absolute atomic E-state index is 4.08. The summed E-state index contributed by atoms with van der Waals surface area (Å²) in [6.07, 6.45) is 7.55. The summed E-state index contributed by atoms with van der Waals surface area (Å²) in [5.74, 6) is 0. The van der Waals surface area contributed by atoms with E-state index < -0.39 is 0 Å². The highest BCUT2D eigenvalue weighted by Gasteiger charge is 2.11. The van der Waals surface area contributed by atoms with Crippen molar-refractivity contribution in [3.63, 3.8) is 0 Å². The number of nitrogens with zero attached hydrogens (tertiary/aromatic N) is 1. The Kier molecular flexibility index (Phi) is 2.48. The number of rotatable bonds is 2. The molecule has 0 radical (unpaired) electrons. The molecule has 0 aliphatic carbocycles. The molecule has 0 aromatic rings. The second-order valence-electron chi connectivity index (χ2n) is 4.38. The van der Waals surface area contributed by atoms with Crippen LogP contribution in [0.4, 0.5) is 0 Å². The molecule has 0 unspecified atom stereocenters. The number of allylic oxidation sites excluding steroid dienone is 1. The molecule has 62 valence electrons. The van der Waals surface area contributed by atoms with Crippen LogP contribution in [0.3, 0.4) is 0 Å². The van der Waals surface area contributed by atoms with E-state index in [-0.39, 0.29) is 0 Å². The highest BCUT2D eigenvalue weighted by Crippen LogP contribution is 2.25. The molecule has 1 rings (SSSR count). The lowest BCUT2D eigenvalue weighted by molar-refractivity contribution is 0.377. The van der Waals surface area contributed by atoms with Gasteiger partial charge in [-0.25, -0.2) is 0 Å². The number of hydrogen-bond acceptors (Lipinski definition) is 1. The highest BCUT2D eigenvalue weighted by molar-refractivity contribution is 5.65. The zero-order chi connectivity index (χ0) is 8.32. The van der Waals surface area contributed by atoms with Gasteiger partial charge in [0.05, 0.1) is 0 Å². The maximum atomic E-state index is 4.08. The van der Waals surface area contributed by atoms with Crippen LogP contribution in [-0.4, -0.2) is 6.21 Å². The van der Waals surface area contributed by atoms with Crippen LogP contribution < -0.4 is 0 Å². The summed E-state index contributed by atoms with van der Waals surface area (Å²) in [6, 6.07) is 0. The summed E-state index contributed by atoms with van der Waals surface area (Å²) in [4.78, 5) is 4.08. The smallest absolute Gasteiger partial charge is 0.0259 e. The van der Waals surface area contributed by atoms with Gasteiger partial charge in [-0.1, -0.05) is 20.8 Å². The van der Waals surface area contributed by atoms with Crippen molar-refractivity contribution in [2.24, 2.45) is 10.4 Å². The molecule has 0 saturated heterocycles. The Morgan fingerprint density at radius 1 is 1.45 bits per heavy atom. The monoisotopic (exact) mass is 151 g/mol. The number of aliphatic imine (C=N–C) groups is 1. The minimum absolute atomic E-state index is 0.462. The second kappa shape index (κ2) is 3.21. The van der Waals surface area contributed by atoms with Crippen LogP contribution in [0.15, 0.2) is 16.8 Å². The molecule has 0 saturated carbocycles. The van der Waals surface area contributed by atoms with Gasteiger partial charge >= 0.3 is 0 Å². The van der Waals surface area contributed by atoms with E-state index in [9.17, 15) is 0 Å². The van der Waals surface area contributed by atoms with E-state index in [1.807, 2.05) is 12.4 Å². The van der Waals surface area contributed by atoms with Crippen molar-refractivity contribution in [3.8, 4) is 0 Å². The standard InChI is InChI=1S/C10H17N/c1-10(2,3)6-4-9-5-7-11-8-9/h7-8H,4-6H2,1-3H3. The third-order valence-corrected chi connectivity index (χ3v) is 1.91. The van der Waals surface area contributed by atoms with E-state index in [1.54, 1.807) is 0 Å². The summed E-state index contributed by atoms with van der Waals surface area (Å²) >= 11 is 0. The molecule has 0 aromatic heterocycles. The quantitative estimate of drug-likeness (QED) is 0.575. The van der Waals surface area contributed by atoms with Crippen molar-refractivity contribution in [3.05, 3.63) is 11.8 Å². The van der Waals surface area contributed by atoms with Gasteiger partial charge in [-0.3, -0.25) is 4.99 Å². The molecular weight excluding hydrogens is 134 g/mol. The predicted molar refractivity (Wildman–Crippen MR) is 49.9 cm³/mol. The summed E-state index contributed by atoms with van der Waals surface area (Å²) in [5, 5.41) is 0. The van der Waals surface area contributed by atoms with E-state index in [1.165, 1.54) is 18.4 Å². The van der Waals surface area contributed by atoms with Crippen LogP contribution >= 0.6 is 0 Å². The maximum Gasteiger partial charge on any atom is 0.0259 e. The van der Waals surface area contributed by atoms with Gasteiger partial charge in [-0.05, 0) is 23.8 Å². The van der Waals surface area contributed by atoms with Gasteiger partial charge in [-0.2, -0.15) is 0 Å². The van der Waals surface area contributed by atoms with Gasteiger partial charge in [0.2, 0.25) is 0 Å². The van der Waals surface area contributed by atoms with E-state index in [2.05, 4.69) is 25.8 Å². The molecule has 0 bridgehead atoms.